The molecule has 1 aliphatic carbocycles. The molecule has 0 aromatic carbocycles. The minimum Gasteiger partial charge on any atom is -0.339 e. The zero-order valence-corrected chi connectivity index (χ0v) is 16.1. The number of fused-ring (bicyclic) bond motifs is 1. The highest BCUT2D eigenvalue weighted by molar-refractivity contribution is 6.30. The van der Waals surface area contributed by atoms with Crippen molar-refractivity contribution in [1.82, 2.24) is 20.0 Å². The first-order valence-corrected chi connectivity index (χ1v) is 9.82. The Balaban J connectivity index is 1.49. The zero-order chi connectivity index (χ0) is 18.8. The Morgan fingerprint density at radius 1 is 1.12 bits per heavy atom. The van der Waals surface area contributed by atoms with E-state index in [0.717, 1.165) is 0 Å². The second-order valence-corrected chi connectivity index (χ2v) is 8.10. The van der Waals surface area contributed by atoms with Gasteiger partial charge in [0.1, 0.15) is 0 Å². The number of carbonyl (C=O) groups excluding carboxylic acids is 3. The van der Waals surface area contributed by atoms with Crippen LogP contribution in [0.25, 0.3) is 0 Å². The van der Waals surface area contributed by atoms with Crippen LogP contribution < -0.4 is 5.32 Å². The third-order valence-electron chi connectivity index (χ3n) is 5.46. The molecule has 2 saturated heterocycles. The van der Waals surface area contributed by atoms with Gasteiger partial charge in [0, 0.05) is 39.1 Å². The third kappa shape index (κ3) is 3.93. The highest BCUT2D eigenvalue weighted by Crippen LogP contribution is 2.34. The normalized spacial score (nSPS) is 31.5. The van der Waals surface area contributed by atoms with Crippen LogP contribution in [0.15, 0.2) is 12.7 Å². The van der Waals surface area contributed by atoms with Gasteiger partial charge >= 0.3 is 6.03 Å². The molecule has 1 saturated carbocycles. The van der Waals surface area contributed by atoms with Crippen molar-refractivity contribution in [2.75, 3.05) is 32.7 Å². The second kappa shape index (κ2) is 8.05. The molecule has 0 spiro atoms. The molecule has 9 heteroatoms. The summed E-state index contributed by atoms with van der Waals surface area (Å²) in [5.74, 6) is -0.109. The van der Waals surface area contributed by atoms with Gasteiger partial charge in [-0.25, -0.2) is 4.79 Å². The molecule has 2 heterocycles. The lowest BCUT2D eigenvalue weighted by atomic mass is 9.90. The van der Waals surface area contributed by atoms with Gasteiger partial charge in [-0.2, -0.15) is 0 Å². The molecule has 7 nitrogen and oxygen atoms in total. The Morgan fingerprint density at radius 3 is 2.38 bits per heavy atom. The predicted molar refractivity (Wildman–Crippen MR) is 99.3 cm³/mol. The van der Waals surface area contributed by atoms with Crippen molar-refractivity contribution in [3.8, 4) is 0 Å². The monoisotopic (exact) mass is 402 g/mol. The fourth-order valence-corrected chi connectivity index (χ4v) is 4.51. The molecule has 4 unspecified atom stereocenters. The van der Waals surface area contributed by atoms with E-state index in [-0.39, 0.29) is 47.1 Å². The number of amides is 4. The average molecular weight is 403 g/mol. The number of nitrogens with one attached hydrogen (secondary N) is 1. The summed E-state index contributed by atoms with van der Waals surface area (Å²) in [5, 5.41) is 2.64. The van der Waals surface area contributed by atoms with E-state index in [1.54, 1.807) is 14.7 Å². The summed E-state index contributed by atoms with van der Waals surface area (Å²) in [6, 6.07) is -0.151. The minimum atomic E-state index is -0.167. The highest BCUT2D eigenvalue weighted by Gasteiger charge is 2.45. The quantitative estimate of drug-likeness (QED) is 0.563. The van der Waals surface area contributed by atoms with E-state index in [9.17, 15) is 14.4 Å². The van der Waals surface area contributed by atoms with Gasteiger partial charge in [0.05, 0.1) is 22.8 Å². The number of hydrogen-bond acceptors (Lipinski definition) is 3. The predicted octanol–water partition coefficient (Wildman–Crippen LogP) is 1.00. The molecule has 2 aliphatic heterocycles. The largest absolute Gasteiger partial charge is 0.339 e. The SMILES string of the molecule is C=CC(=O)N1CCN(C(=O)CCN2C(=O)NC3CC(Cl)C(Cl)CC32)CC1. The molecule has 0 aromatic heterocycles. The minimum absolute atomic E-state index is 0.000375. The molecule has 3 rings (SSSR count). The lowest BCUT2D eigenvalue weighted by Gasteiger charge is -2.36. The van der Waals surface area contributed by atoms with Crippen LogP contribution in [0.3, 0.4) is 0 Å². The van der Waals surface area contributed by atoms with E-state index >= 15 is 0 Å². The van der Waals surface area contributed by atoms with Crippen molar-refractivity contribution in [2.24, 2.45) is 0 Å². The molecule has 4 amide bonds. The van der Waals surface area contributed by atoms with Crippen LogP contribution in [0.2, 0.25) is 0 Å². The van der Waals surface area contributed by atoms with E-state index < -0.39 is 0 Å². The summed E-state index contributed by atoms with van der Waals surface area (Å²) >= 11 is 12.5. The molecule has 144 valence electrons. The average Bonchev–Trinajstić information content (AvgIpc) is 2.93. The summed E-state index contributed by atoms with van der Waals surface area (Å²) in [5.41, 5.74) is 0. The Hall–Kier alpha value is -1.47. The van der Waals surface area contributed by atoms with Crippen LogP contribution in [0, 0.1) is 0 Å². The van der Waals surface area contributed by atoms with E-state index in [2.05, 4.69) is 11.9 Å². The fraction of sp³-hybridized carbons (Fsp3) is 0.706. The number of nitrogens with zero attached hydrogens (tertiary/aromatic N) is 3. The molecule has 0 radical (unpaired) electrons. The van der Waals surface area contributed by atoms with Gasteiger partial charge in [0.15, 0.2) is 0 Å². The molecule has 3 aliphatic rings. The molecule has 3 fully saturated rings. The van der Waals surface area contributed by atoms with Crippen LogP contribution >= 0.6 is 23.2 Å². The van der Waals surface area contributed by atoms with Gasteiger partial charge in [-0.15, -0.1) is 23.2 Å². The summed E-state index contributed by atoms with van der Waals surface area (Å²) in [7, 11) is 0. The summed E-state index contributed by atoms with van der Waals surface area (Å²) < 4.78 is 0. The van der Waals surface area contributed by atoms with E-state index in [0.29, 0.717) is 45.6 Å². The number of piperazine rings is 1. The van der Waals surface area contributed by atoms with Crippen LogP contribution in [0.5, 0.6) is 0 Å². The van der Waals surface area contributed by atoms with Crippen LogP contribution in [-0.2, 0) is 9.59 Å². The summed E-state index contributed by atoms with van der Waals surface area (Å²) in [6.45, 7) is 5.89. The molecule has 1 N–H and O–H groups in total. The molecule has 26 heavy (non-hydrogen) atoms. The molecular weight excluding hydrogens is 379 g/mol. The second-order valence-electron chi connectivity index (χ2n) is 6.98. The first-order valence-electron chi connectivity index (χ1n) is 8.95. The van der Waals surface area contributed by atoms with Crippen molar-refractivity contribution in [3.63, 3.8) is 0 Å². The number of urea groups is 1. The Kier molecular flexibility index (Phi) is 5.97. The number of rotatable bonds is 4. The Morgan fingerprint density at radius 2 is 1.73 bits per heavy atom. The number of halogens is 2. The van der Waals surface area contributed by atoms with E-state index in [1.807, 2.05) is 0 Å². The van der Waals surface area contributed by atoms with Crippen molar-refractivity contribution >= 4 is 41.0 Å². The lowest BCUT2D eigenvalue weighted by molar-refractivity contribution is -0.137. The van der Waals surface area contributed by atoms with Gasteiger partial charge in [-0.1, -0.05) is 6.58 Å². The lowest BCUT2D eigenvalue weighted by Crippen LogP contribution is -2.51. The number of alkyl halides is 2. The topological polar surface area (TPSA) is 73.0 Å². The van der Waals surface area contributed by atoms with E-state index in [4.69, 9.17) is 23.2 Å². The van der Waals surface area contributed by atoms with E-state index in [1.165, 1.54) is 6.08 Å². The van der Waals surface area contributed by atoms with Gasteiger partial charge in [0.25, 0.3) is 0 Å². The van der Waals surface area contributed by atoms with Gasteiger partial charge in [-0.05, 0) is 18.9 Å². The molecular formula is C17H24Cl2N4O3. The van der Waals surface area contributed by atoms with Crippen molar-refractivity contribution in [1.29, 1.82) is 0 Å². The highest BCUT2D eigenvalue weighted by atomic mass is 35.5. The standard InChI is InChI=1S/C17H24Cl2N4O3/c1-2-15(24)21-5-7-22(8-6-21)16(25)3-4-23-14-10-12(19)11(18)9-13(14)20-17(23)26/h2,11-14H,1,3-10H2,(H,20,26). The summed E-state index contributed by atoms with van der Waals surface area (Å²) in [6.07, 6.45) is 2.84. The Bertz CT molecular complexity index is 595. The van der Waals surface area contributed by atoms with Gasteiger partial charge in [0.2, 0.25) is 11.8 Å². The van der Waals surface area contributed by atoms with Gasteiger partial charge in [-0.3, -0.25) is 9.59 Å². The molecule has 0 bridgehead atoms. The first kappa shape index (κ1) is 19.3. The Labute approximate surface area is 163 Å². The number of carbonyl (C=O) groups is 3. The zero-order valence-electron chi connectivity index (χ0n) is 14.6. The first-order chi connectivity index (χ1) is 12.4. The third-order valence-corrected chi connectivity index (χ3v) is 6.55. The van der Waals surface area contributed by atoms with Crippen molar-refractivity contribution in [3.05, 3.63) is 12.7 Å². The number of hydrogen-bond donors (Lipinski definition) is 1. The van der Waals surface area contributed by atoms with Crippen molar-refractivity contribution < 1.29 is 14.4 Å². The maximum absolute atomic E-state index is 12.5. The smallest absolute Gasteiger partial charge is 0.318 e. The van der Waals surface area contributed by atoms with Gasteiger partial charge < -0.3 is 20.0 Å². The molecule has 0 aromatic rings. The maximum atomic E-state index is 12.5. The van der Waals surface area contributed by atoms with Crippen LogP contribution in [-0.4, -0.2) is 88.1 Å². The summed E-state index contributed by atoms with van der Waals surface area (Å²) in [4.78, 5) is 41.5. The van der Waals surface area contributed by atoms with Crippen LogP contribution in [0.1, 0.15) is 19.3 Å². The maximum Gasteiger partial charge on any atom is 0.318 e. The van der Waals surface area contributed by atoms with Crippen molar-refractivity contribution in [2.45, 2.75) is 42.1 Å². The fourth-order valence-electron chi connectivity index (χ4n) is 3.93. The molecule has 4 atom stereocenters. The van der Waals surface area contributed by atoms with Crippen LogP contribution in [0.4, 0.5) is 4.79 Å².